The predicted molar refractivity (Wildman–Crippen MR) is 77.2 cm³/mol. The van der Waals surface area contributed by atoms with Crippen LogP contribution in [0.1, 0.15) is 38.7 Å². The standard InChI is InChI=1S/C15H24N2O2/c1-11(9-10-18)16-15(19)17-13(3)12(2)14-7-5-4-6-8-14/h4-8,11-13,18H,9-10H2,1-3H3,(H2,16,17,19)/t11-,12?,13?/m1/s1. The first-order valence-electron chi connectivity index (χ1n) is 6.77. The van der Waals surface area contributed by atoms with Crippen LogP contribution < -0.4 is 10.6 Å². The van der Waals surface area contributed by atoms with E-state index in [0.717, 1.165) is 0 Å². The first-order valence-corrected chi connectivity index (χ1v) is 6.77. The molecule has 0 saturated heterocycles. The SMILES string of the molecule is CC(NC(=O)N[C@H](C)CCO)C(C)c1ccccc1. The van der Waals surface area contributed by atoms with E-state index in [1.54, 1.807) is 0 Å². The van der Waals surface area contributed by atoms with Gasteiger partial charge in [-0.25, -0.2) is 4.79 Å². The second-order valence-electron chi connectivity index (χ2n) is 5.02. The summed E-state index contributed by atoms with van der Waals surface area (Å²) in [6, 6.07) is 9.95. The van der Waals surface area contributed by atoms with Gasteiger partial charge in [0, 0.05) is 24.6 Å². The van der Waals surface area contributed by atoms with Crippen molar-refractivity contribution in [3.63, 3.8) is 0 Å². The molecule has 0 aliphatic rings. The number of rotatable bonds is 6. The third kappa shape index (κ3) is 5.30. The number of hydrogen-bond donors (Lipinski definition) is 3. The molecule has 0 spiro atoms. The fourth-order valence-electron chi connectivity index (χ4n) is 1.91. The average molecular weight is 264 g/mol. The molecule has 2 unspecified atom stereocenters. The topological polar surface area (TPSA) is 61.4 Å². The number of amides is 2. The Kier molecular flexibility index (Phi) is 6.36. The lowest BCUT2D eigenvalue weighted by molar-refractivity contribution is 0.227. The minimum atomic E-state index is -0.184. The van der Waals surface area contributed by atoms with Gasteiger partial charge in [0.25, 0.3) is 0 Å². The highest BCUT2D eigenvalue weighted by atomic mass is 16.3. The van der Waals surface area contributed by atoms with E-state index in [2.05, 4.69) is 29.7 Å². The molecule has 2 amide bonds. The Morgan fingerprint density at radius 2 is 1.79 bits per heavy atom. The van der Waals surface area contributed by atoms with Crippen LogP contribution in [0.4, 0.5) is 4.79 Å². The molecule has 0 radical (unpaired) electrons. The summed E-state index contributed by atoms with van der Waals surface area (Å²) in [7, 11) is 0. The van der Waals surface area contributed by atoms with Gasteiger partial charge in [-0.1, -0.05) is 37.3 Å². The Morgan fingerprint density at radius 1 is 1.16 bits per heavy atom. The van der Waals surface area contributed by atoms with E-state index < -0.39 is 0 Å². The Bertz CT molecular complexity index is 381. The molecule has 1 aromatic carbocycles. The maximum Gasteiger partial charge on any atom is 0.315 e. The van der Waals surface area contributed by atoms with Gasteiger partial charge in [-0.2, -0.15) is 0 Å². The van der Waals surface area contributed by atoms with E-state index in [0.29, 0.717) is 6.42 Å². The van der Waals surface area contributed by atoms with Crippen LogP contribution in [0.5, 0.6) is 0 Å². The monoisotopic (exact) mass is 264 g/mol. The van der Waals surface area contributed by atoms with Crippen molar-refractivity contribution in [2.75, 3.05) is 6.61 Å². The summed E-state index contributed by atoms with van der Waals surface area (Å²) >= 11 is 0. The van der Waals surface area contributed by atoms with Gasteiger partial charge in [-0.3, -0.25) is 0 Å². The normalized spacial score (nSPS) is 15.4. The third-order valence-corrected chi connectivity index (χ3v) is 3.37. The zero-order valence-corrected chi connectivity index (χ0v) is 11.9. The molecule has 0 aliphatic heterocycles. The van der Waals surface area contributed by atoms with Gasteiger partial charge in [-0.15, -0.1) is 0 Å². The third-order valence-electron chi connectivity index (χ3n) is 3.37. The van der Waals surface area contributed by atoms with Crippen LogP contribution in [0, 0.1) is 0 Å². The number of hydrogen-bond acceptors (Lipinski definition) is 2. The Balaban J connectivity index is 2.46. The van der Waals surface area contributed by atoms with Crippen molar-refractivity contribution in [3.05, 3.63) is 35.9 Å². The van der Waals surface area contributed by atoms with Crippen LogP contribution in [0.15, 0.2) is 30.3 Å². The van der Waals surface area contributed by atoms with Crippen molar-refractivity contribution < 1.29 is 9.90 Å². The van der Waals surface area contributed by atoms with E-state index in [1.165, 1.54) is 5.56 Å². The fourth-order valence-corrected chi connectivity index (χ4v) is 1.91. The lowest BCUT2D eigenvalue weighted by Crippen LogP contribution is -2.46. The number of aliphatic hydroxyl groups excluding tert-OH is 1. The second-order valence-corrected chi connectivity index (χ2v) is 5.02. The van der Waals surface area contributed by atoms with Gasteiger partial charge in [0.2, 0.25) is 0 Å². The van der Waals surface area contributed by atoms with Gasteiger partial charge in [0.05, 0.1) is 0 Å². The summed E-state index contributed by atoms with van der Waals surface area (Å²) in [6.45, 7) is 6.05. The fraction of sp³-hybridized carbons (Fsp3) is 0.533. The number of benzene rings is 1. The van der Waals surface area contributed by atoms with E-state index in [4.69, 9.17) is 5.11 Å². The first kappa shape index (κ1) is 15.5. The van der Waals surface area contributed by atoms with Crippen molar-refractivity contribution in [1.82, 2.24) is 10.6 Å². The van der Waals surface area contributed by atoms with E-state index in [9.17, 15) is 4.79 Å². The van der Waals surface area contributed by atoms with E-state index in [1.807, 2.05) is 32.0 Å². The van der Waals surface area contributed by atoms with Gasteiger partial charge in [0.1, 0.15) is 0 Å². The number of nitrogens with one attached hydrogen (secondary N) is 2. The molecule has 0 aromatic heterocycles. The van der Waals surface area contributed by atoms with Crippen molar-refractivity contribution in [1.29, 1.82) is 0 Å². The van der Waals surface area contributed by atoms with E-state index in [-0.39, 0.29) is 30.6 Å². The second kappa shape index (κ2) is 7.79. The first-order chi connectivity index (χ1) is 9.04. The van der Waals surface area contributed by atoms with Gasteiger partial charge in [0.15, 0.2) is 0 Å². The van der Waals surface area contributed by atoms with Gasteiger partial charge in [-0.05, 0) is 25.8 Å². The summed E-state index contributed by atoms with van der Waals surface area (Å²) in [5.41, 5.74) is 1.21. The molecular formula is C15H24N2O2. The summed E-state index contributed by atoms with van der Waals surface area (Å²) in [5.74, 6) is 0.250. The van der Waals surface area contributed by atoms with Crippen LogP contribution in [0.2, 0.25) is 0 Å². The largest absolute Gasteiger partial charge is 0.396 e. The van der Waals surface area contributed by atoms with Crippen LogP contribution >= 0.6 is 0 Å². The number of carbonyl (C=O) groups excluding carboxylic acids is 1. The molecule has 4 nitrogen and oxygen atoms in total. The molecule has 1 aromatic rings. The maximum absolute atomic E-state index is 11.8. The molecular weight excluding hydrogens is 240 g/mol. The molecule has 1 rings (SSSR count). The van der Waals surface area contributed by atoms with Gasteiger partial charge < -0.3 is 15.7 Å². The summed E-state index contributed by atoms with van der Waals surface area (Å²) in [5, 5.41) is 14.5. The summed E-state index contributed by atoms with van der Waals surface area (Å²) in [4.78, 5) is 11.8. The molecule has 0 heterocycles. The van der Waals surface area contributed by atoms with Crippen LogP contribution in [-0.2, 0) is 0 Å². The Labute approximate surface area is 115 Å². The molecule has 0 fully saturated rings. The van der Waals surface area contributed by atoms with Crippen LogP contribution in [0.3, 0.4) is 0 Å². The zero-order chi connectivity index (χ0) is 14.3. The smallest absolute Gasteiger partial charge is 0.315 e. The average Bonchev–Trinajstić information content (AvgIpc) is 2.38. The minimum Gasteiger partial charge on any atom is -0.396 e. The molecule has 3 N–H and O–H groups in total. The molecule has 4 heteroatoms. The number of aliphatic hydroxyl groups is 1. The van der Waals surface area contributed by atoms with E-state index >= 15 is 0 Å². The Morgan fingerprint density at radius 3 is 2.37 bits per heavy atom. The molecule has 3 atom stereocenters. The highest BCUT2D eigenvalue weighted by Crippen LogP contribution is 2.18. The maximum atomic E-state index is 11.8. The lowest BCUT2D eigenvalue weighted by atomic mass is 9.94. The van der Waals surface area contributed by atoms with Crippen molar-refractivity contribution >= 4 is 6.03 Å². The molecule has 0 aliphatic carbocycles. The lowest BCUT2D eigenvalue weighted by Gasteiger charge is -2.23. The Hall–Kier alpha value is -1.55. The summed E-state index contributed by atoms with van der Waals surface area (Å²) in [6.07, 6.45) is 0.566. The number of carbonyl (C=O) groups is 1. The van der Waals surface area contributed by atoms with Crippen molar-refractivity contribution in [3.8, 4) is 0 Å². The molecule has 0 bridgehead atoms. The van der Waals surface area contributed by atoms with Crippen LogP contribution in [0.25, 0.3) is 0 Å². The highest BCUT2D eigenvalue weighted by molar-refractivity contribution is 5.74. The quantitative estimate of drug-likeness (QED) is 0.738. The van der Waals surface area contributed by atoms with Crippen molar-refractivity contribution in [2.45, 2.75) is 45.2 Å². The summed E-state index contributed by atoms with van der Waals surface area (Å²) < 4.78 is 0. The van der Waals surface area contributed by atoms with Crippen LogP contribution in [-0.4, -0.2) is 29.8 Å². The van der Waals surface area contributed by atoms with Crippen molar-refractivity contribution in [2.24, 2.45) is 0 Å². The molecule has 19 heavy (non-hydrogen) atoms. The molecule has 0 saturated carbocycles. The zero-order valence-electron chi connectivity index (χ0n) is 11.9. The van der Waals surface area contributed by atoms with Gasteiger partial charge >= 0.3 is 6.03 Å². The minimum absolute atomic E-state index is 0.0239. The molecule has 106 valence electrons. The predicted octanol–water partition coefficient (Wildman–Crippen LogP) is 2.25. The number of urea groups is 1. The highest BCUT2D eigenvalue weighted by Gasteiger charge is 2.16.